The Bertz CT molecular complexity index is 317. The second kappa shape index (κ2) is 2.83. The Hall–Kier alpha value is -1.38. The lowest BCUT2D eigenvalue weighted by Crippen LogP contribution is -2.34. The summed E-state index contributed by atoms with van der Waals surface area (Å²) in [5.41, 5.74) is 0.683. The van der Waals surface area contributed by atoms with Gasteiger partial charge in [-0.2, -0.15) is 0 Å². The van der Waals surface area contributed by atoms with Crippen molar-refractivity contribution in [3.63, 3.8) is 0 Å². The monoisotopic (exact) mass is 176 g/mol. The number of amides is 1. The molecule has 0 atom stereocenters. The number of hydrogen-bond donors (Lipinski definition) is 1. The van der Waals surface area contributed by atoms with Crippen molar-refractivity contribution < 1.29 is 4.79 Å². The van der Waals surface area contributed by atoms with Gasteiger partial charge in [-0.15, -0.1) is 0 Å². The predicted molar refractivity (Wildman–Crippen MR) is 49.3 cm³/mol. The number of hydrogen-bond acceptors (Lipinski definition) is 2. The highest BCUT2D eigenvalue weighted by Crippen LogP contribution is 2.34. The normalized spacial score (nSPS) is 17.9. The summed E-state index contributed by atoms with van der Waals surface area (Å²) in [6, 6.07) is 3.54. The van der Waals surface area contributed by atoms with E-state index in [0.717, 1.165) is 12.8 Å². The minimum absolute atomic E-state index is 0.0203. The van der Waals surface area contributed by atoms with Gasteiger partial charge in [0.15, 0.2) is 0 Å². The zero-order valence-corrected chi connectivity index (χ0v) is 7.58. The maximum atomic E-state index is 11.5. The molecule has 2 rings (SSSR count). The molecule has 1 fully saturated rings. The maximum Gasteiger partial charge on any atom is 0.253 e. The molecular formula is C10H12N2O. The van der Waals surface area contributed by atoms with Gasteiger partial charge < -0.3 is 5.32 Å². The Kier molecular flexibility index (Phi) is 1.79. The molecule has 1 saturated carbocycles. The zero-order chi connectivity index (χ0) is 9.31. The molecule has 1 aliphatic carbocycles. The van der Waals surface area contributed by atoms with Crippen molar-refractivity contribution in [2.45, 2.75) is 25.3 Å². The fraction of sp³-hybridized carbons (Fsp3) is 0.400. The summed E-state index contributed by atoms with van der Waals surface area (Å²) < 4.78 is 0. The highest BCUT2D eigenvalue weighted by Gasteiger charge is 2.38. The van der Waals surface area contributed by atoms with Gasteiger partial charge in [0.25, 0.3) is 5.91 Å². The van der Waals surface area contributed by atoms with Gasteiger partial charge in [-0.3, -0.25) is 9.78 Å². The van der Waals surface area contributed by atoms with Crippen LogP contribution in [0.3, 0.4) is 0 Å². The van der Waals surface area contributed by atoms with Gasteiger partial charge >= 0.3 is 0 Å². The van der Waals surface area contributed by atoms with E-state index in [0.29, 0.717) is 5.56 Å². The van der Waals surface area contributed by atoms with Crippen LogP contribution in [0, 0.1) is 0 Å². The Morgan fingerprint density at radius 1 is 1.62 bits per heavy atom. The summed E-state index contributed by atoms with van der Waals surface area (Å²) in [5, 5.41) is 2.97. The molecule has 0 unspecified atom stereocenters. The Morgan fingerprint density at radius 3 is 2.92 bits per heavy atom. The van der Waals surface area contributed by atoms with Crippen LogP contribution in [-0.2, 0) is 0 Å². The van der Waals surface area contributed by atoms with E-state index < -0.39 is 0 Å². The van der Waals surface area contributed by atoms with Gasteiger partial charge in [-0.1, -0.05) is 0 Å². The van der Waals surface area contributed by atoms with E-state index in [2.05, 4.69) is 17.2 Å². The summed E-state index contributed by atoms with van der Waals surface area (Å²) in [6.45, 7) is 2.06. The van der Waals surface area contributed by atoms with Gasteiger partial charge in [0.1, 0.15) is 0 Å². The highest BCUT2D eigenvalue weighted by molar-refractivity contribution is 5.94. The average Bonchev–Trinajstić information content (AvgIpc) is 2.85. The standard InChI is InChI=1S/C10H12N2O/c1-10(4-5-10)12-9(13)8-3-2-6-11-7-8/h2-3,6-7H,4-5H2,1H3,(H,12,13). The Morgan fingerprint density at radius 2 is 2.38 bits per heavy atom. The number of nitrogens with zero attached hydrogens (tertiary/aromatic N) is 1. The second-order valence-corrected chi connectivity index (χ2v) is 3.76. The smallest absolute Gasteiger partial charge is 0.253 e. The average molecular weight is 176 g/mol. The van der Waals surface area contributed by atoms with Crippen LogP contribution in [0.4, 0.5) is 0 Å². The quantitative estimate of drug-likeness (QED) is 0.739. The van der Waals surface area contributed by atoms with Crippen LogP contribution in [0.2, 0.25) is 0 Å². The third kappa shape index (κ3) is 1.86. The van der Waals surface area contributed by atoms with E-state index in [1.807, 2.05) is 0 Å². The predicted octanol–water partition coefficient (Wildman–Crippen LogP) is 1.36. The number of carbonyl (C=O) groups excluding carboxylic acids is 1. The van der Waals surface area contributed by atoms with Gasteiger partial charge in [0.2, 0.25) is 0 Å². The summed E-state index contributed by atoms with van der Waals surface area (Å²) in [4.78, 5) is 15.4. The molecular weight excluding hydrogens is 164 g/mol. The molecule has 68 valence electrons. The lowest BCUT2D eigenvalue weighted by molar-refractivity contribution is 0.0935. The summed E-state index contributed by atoms with van der Waals surface area (Å²) in [5.74, 6) is -0.0203. The van der Waals surface area contributed by atoms with Crippen molar-refractivity contribution in [1.29, 1.82) is 0 Å². The van der Waals surface area contributed by atoms with E-state index in [9.17, 15) is 4.79 Å². The first-order chi connectivity index (χ1) is 6.20. The number of nitrogens with one attached hydrogen (secondary N) is 1. The van der Waals surface area contributed by atoms with E-state index in [1.165, 1.54) is 0 Å². The molecule has 1 N–H and O–H groups in total. The molecule has 0 radical (unpaired) electrons. The van der Waals surface area contributed by atoms with Crippen LogP contribution in [0.5, 0.6) is 0 Å². The van der Waals surface area contributed by atoms with Gasteiger partial charge in [-0.25, -0.2) is 0 Å². The molecule has 1 heterocycles. The van der Waals surface area contributed by atoms with Crippen LogP contribution in [0.25, 0.3) is 0 Å². The molecule has 1 amide bonds. The van der Waals surface area contributed by atoms with Crippen LogP contribution in [0.15, 0.2) is 24.5 Å². The van der Waals surface area contributed by atoms with Crippen molar-refractivity contribution >= 4 is 5.91 Å². The van der Waals surface area contributed by atoms with Crippen LogP contribution in [0.1, 0.15) is 30.1 Å². The molecule has 0 bridgehead atoms. The lowest BCUT2D eigenvalue weighted by Gasteiger charge is -2.10. The zero-order valence-electron chi connectivity index (χ0n) is 7.58. The van der Waals surface area contributed by atoms with E-state index in [1.54, 1.807) is 24.5 Å². The van der Waals surface area contributed by atoms with Crippen LogP contribution >= 0.6 is 0 Å². The number of carbonyl (C=O) groups is 1. The molecule has 13 heavy (non-hydrogen) atoms. The van der Waals surface area contributed by atoms with Crippen molar-refractivity contribution in [3.8, 4) is 0 Å². The SMILES string of the molecule is CC1(NC(=O)c2cccnc2)CC1. The molecule has 1 aromatic rings. The molecule has 3 heteroatoms. The molecule has 0 spiro atoms. The van der Waals surface area contributed by atoms with Crippen LogP contribution in [-0.4, -0.2) is 16.4 Å². The fourth-order valence-electron chi connectivity index (χ4n) is 1.16. The molecule has 0 saturated heterocycles. The molecule has 0 aliphatic heterocycles. The van der Waals surface area contributed by atoms with Crippen molar-refractivity contribution in [2.24, 2.45) is 0 Å². The lowest BCUT2D eigenvalue weighted by atomic mass is 10.2. The second-order valence-electron chi connectivity index (χ2n) is 3.76. The van der Waals surface area contributed by atoms with Gasteiger partial charge in [-0.05, 0) is 31.9 Å². The molecule has 0 aromatic carbocycles. The number of aromatic nitrogens is 1. The van der Waals surface area contributed by atoms with E-state index >= 15 is 0 Å². The Labute approximate surface area is 77.2 Å². The summed E-state index contributed by atoms with van der Waals surface area (Å²) >= 11 is 0. The minimum atomic E-state index is -0.0203. The summed E-state index contributed by atoms with van der Waals surface area (Å²) in [6.07, 6.45) is 5.41. The van der Waals surface area contributed by atoms with Gasteiger partial charge in [0.05, 0.1) is 5.56 Å². The van der Waals surface area contributed by atoms with Crippen molar-refractivity contribution in [3.05, 3.63) is 30.1 Å². The maximum absolute atomic E-state index is 11.5. The Balaban J connectivity index is 2.06. The van der Waals surface area contributed by atoms with E-state index in [4.69, 9.17) is 0 Å². The fourth-order valence-corrected chi connectivity index (χ4v) is 1.16. The van der Waals surface area contributed by atoms with Crippen LogP contribution < -0.4 is 5.32 Å². The third-order valence-corrected chi connectivity index (χ3v) is 2.34. The first-order valence-corrected chi connectivity index (χ1v) is 4.42. The first-order valence-electron chi connectivity index (χ1n) is 4.42. The third-order valence-electron chi connectivity index (χ3n) is 2.34. The van der Waals surface area contributed by atoms with Crippen molar-refractivity contribution in [2.75, 3.05) is 0 Å². The largest absolute Gasteiger partial charge is 0.347 e. The number of pyridine rings is 1. The molecule has 1 aliphatic rings. The summed E-state index contributed by atoms with van der Waals surface area (Å²) in [7, 11) is 0. The van der Waals surface area contributed by atoms with Gasteiger partial charge in [0, 0.05) is 17.9 Å². The van der Waals surface area contributed by atoms with Crippen molar-refractivity contribution in [1.82, 2.24) is 10.3 Å². The topological polar surface area (TPSA) is 42.0 Å². The number of rotatable bonds is 2. The minimum Gasteiger partial charge on any atom is -0.347 e. The molecule has 1 aromatic heterocycles. The molecule has 3 nitrogen and oxygen atoms in total. The van der Waals surface area contributed by atoms with E-state index in [-0.39, 0.29) is 11.4 Å². The first kappa shape index (κ1) is 8.23. The highest BCUT2D eigenvalue weighted by atomic mass is 16.1.